The second-order valence-corrected chi connectivity index (χ2v) is 0.285. The number of hydrogen-bond donors (Lipinski definition) is 1. The van der Waals surface area contributed by atoms with Crippen LogP contribution in [0.4, 0.5) is 0 Å². The topological polar surface area (TPSA) is 43.1 Å². The smallest absolute Gasteiger partial charge is 0.141 e. The molecule has 2 heteroatoms. The molecule has 0 aromatic rings. The van der Waals surface area contributed by atoms with E-state index in [0.29, 0.717) is 0 Å². The van der Waals surface area contributed by atoms with E-state index in [2.05, 4.69) is 5.73 Å². The zero-order valence-electron chi connectivity index (χ0n) is 2.06. The zero-order chi connectivity index (χ0) is 3.41. The normalized spacial score (nSPS) is 4.00. The Kier molecular flexibility index (Phi) is 1.83. The molecule has 2 N–H and O–H groups in total. The Labute approximate surface area is 23.9 Å². The quantitative estimate of drug-likeness (QED) is 0.373. The maximum Gasteiger partial charge on any atom is 0.141 e. The van der Waals surface area contributed by atoms with Gasteiger partial charge in [0.1, 0.15) is 5.94 Å². The van der Waals surface area contributed by atoms with Crippen molar-refractivity contribution in [2.45, 2.75) is 0 Å². The monoisotopic (exact) mass is 57.0 g/mol. The highest BCUT2D eigenvalue weighted by Gasteiger charge is 1.29. The van der Waals surface area contributed by atoms with Crippen LogP contribution in [0, 0.1) is 0 Å². The molecule has 0 saturated carbocycles. The van der Waals surface area contributed by atoms with Crippen molar-refractivity contribution in [2.24, 2.45) is 5.73 Å². The average molecular weight is 57.1 g/mol. The second kappa shape index (κ2) is 2.25. The maximum atomic E-state index is 8.87. The number of hydrogen-bond acceptors (Lipinski definition) is 2. The molecule has 0 saturated heterocycles. The van der Waals surface area contributed by atoms with Gasteiger partial charge in [0.05, 0.1) is 6.20 Å². The summed E-state index contributed by atoms with van der Waals surface area (Å²) in [5.41, 5.74) is 4.48. The third kappa shape index (κ3) is 1.25. The molecule has 0 aliphatic rings. The van der Waals surface area contributed by atoms with Crippen molar-refractivity contribution in [1.29, 1.82) is 0 Å². The van der Waals surface area contributed by atoms with Crippen LogP contribution in [0.15, 0.2) is 6.20 Å². The molecule has 0 heterocycles. The molecule has 22 valence electrons. The molecule has 0 aromatic heterocycles. The van der Waals surface area contributed by atoms with Gasteiger partial charge in [-0.1, -0.05) is 0 Å². The van der Waals surface area contributed by atoms with Crippen molar-refractivity contribution < 1.29 is 4.79 Å². The minimum Gasteiger partial charge on any atom is -0.396 e. The van der Waals surface area contributed by atoms with Gasteiger partial charge in [-0.3, -0.25) is 0 Å². The van der Waals surface area contributed by atoms with Crippen LogP contribution in [0.25, 0.3) is 0 Å². The molecule has 0 radical (unpaired) electrons. The fourth-order valence-corrected chi connectivity index (χ4v) is 0. The zero-order valence-corrected chi connectivity index (χ0v) is 2.06. The van der Waals surface area contributed by atoms with Crippen LogP contribution in [-0.2, 0) is 4.79 Å². The summed E-state index contributed by atoms with van der Waals surface area (Å²) in [6.07, 6.45) is 0.819. The number of nitrogens with two attached hydrogens (primary N) is 1. The Balaban J connectivity index is 3.11. The van der Waals surface area contributed by atoms with Crippen molar-refractivity contribution in [1.82, 2.24) is 0 Å². The van der Waals surface area contributed by atoms with Gasteiger partial charge in [0.15, 0.2) is 0 Å². The van der Waals surface area contributed by atoms with Crippen LogP contribution < -0.4 is 5.73 Å². The summed E-state index contributed by atoms with van der Waals surface area (Å²) in [4.78, 5) is 8.87. The molecule has 0 aliphatic heterocycles. The summed E-state index contributed by atoms with van der Waals surface area (Å²) < 4.78 is 0. The van der Waals surface area contributed by atoms with Crippen LogP contribution in [0.1, 0.15) is 0 Å². The van der Waals surface area contributed by atoms with Crippen molar-refractivity contribution >= 4 is 5.94 Å². The molecule has 4 heavy (non-hydrogen) atoms. The van der Waals surface area contributed by atoms with E-state index in [4.69, 9.17) is 4.79 Å². The van der Waals surface area contributed by atoms with E-state index in [0.717, 1.165) is 6.20 Å². The number of carbonyl (C=O) groups excluding carboxylic acids is 1. The molecule has 0 rings (SSSR count). The Hall–Kier alpha value is -0.750. The summed E-state index contributed by atoms with van der Waals surface area (Å²) in [5, 5.41) is 0. The minimum absolute atomic E-state index is 0.819. The fourth-order valence-electron chi connectivity index (χ4n) is 0. The van der Waals surface area contributed by atoms with Gasteiger partial charge >= 0.3 is 0 Å². The van der Waals surface area contributed by atoms with Gasteiger partial charge in [0.25, 0.3) is 0 Å². The predicted octanol–water partition coefficient (Wildman–Crippen LogP) is -0.710. The highest BCUT2D eigenvalue weighted by molar-refractivity contribution is 5.43. The molecule has 2 nitrogen and oxygen atoms in total. The van der Waals surface area contributed by atoms with Crippen LogP contribution in [0.3, 0.4) is 0 Å². The molecule has 0 aromatic carbocycles. The summed E-state index contributed by atoms with van der Waals surface area (Å²) in [6.45, 7) is 0. The molecule has 0 atom stereocenters. The first-order valence-electron chi connectivity index (χ1n) is 0.826. The van der Waals surface area contributed by atoms with Gasteiger partial charge in [-0.15, -0.1) is 0 Å². The minimum atomic E-state index is 0.819. The Morgan fingerprint density at radius 3 is 2.25 bits per heavy atom. The van der Waals surface area contributed by atoms with E-state index < -0.39 is 0 Å². The van der Waals surface area contributed by atoms with Crippen molar-refractivity contribution in [3.8, 4) is 0 Å². The lowest BCUT2D eigenvalue weighted by Crippen LogP contribution is -1.72. The lowest BCUT2D eigenvalue weighted by atomic mass is 11.1. The SMILES string of the molecule is NC=C=O. The molecule has 0 spiro atoms. The van der Waals surface area contributed by atoms with E-state index in [1.165, 1.54) is 5.94 Å². The van der Waals surface area contributed by atoms with Gasteiger partial charge in [-0.25, -0.2) is 4.79 Å². The molecule has 0 unspecified atom stereocenters. The molecular formula is C2H3NO. The van der Waals surface area contributed by atoms with Gasteiger partial charge in [0, 0.05) is 0 Å². The van der Waals surface area contributed by atoms with Crippen molar-refractivity contribution in [2.75, 3.05) is 0 Å². The molecular weight excluding hydrogens is 54.0 g/mol. The van der Waals surface area contributed by atoms with Crippen molar-refractivity contribution in [3.05, 3.63) is 6.20 Å². The molecule has 0 aliphatic carbocycles. The van der Waals surface area contributed by atoms with E-state index in [-0.39, 0.29) is 0 Å². The van der Waals surface area contributed by atoms with Crippen molar-refractivity contribution in [3.63, 3.8) is 0 Å². The molecule has 0 amide bonds. The fraction of sp³-hybridized carbons (Fsp3) is 0. The lowest BCUT2D eigenvalue weighted by molar-refractivity contribution is 0.568. The lowest BCUT2D eigenvalue weighted by Gasteiger charge is -1.39. The van der Waals surface area contributed by atoms with Crippen LogP contribution >= 0.6 is 0 Å². The van der Waals surface area contributed by atoms with Gasteiger partial charge in [-0.2, -0.15) is 0 Å². The third-order valence-corrected chi connectivity index (χ3v) is 0.0680. The Morgan fingerprint density at radius 2 is 2.25 bits per heavy atom. The predicted molar refractivity (Wildman–Crippen MR) is 14.5 cm³/mol. The third-order valence-electron chi connectivity index (χ3n) is 0.0680. The first kappa shape index (κ1) is 3.25. The van der Waals surface area contributed by atoms with Crippen LogP contribution in [0.5, 0.6) is 0 Å². The largest absolute Gasteiger partial charge is 0.396 e. The highest BCUT2D eigenvalue weighted by atomic mass is 16.1. The number of rotatable bonds is 0. The van der Waals surface area contributed by atoms with Gasteiger partial charge in [-0.05, 0) is 0 Å². The standard InChI is InChI=1S/C2H3NO/c3-1-2-4/h1H,3H2. The van der Waals surface area contributed by atoms with E-state index in [9.17, 15) is 0 Å². The maximum absolute atomic E-state index is 8.87. The van der Waals surface area contributed by atoms with Crippen LogP contribution in [0.2, 0.25) is 0 Å². The summed E-state index contributed by atoms with van der Waals surface area (Å²) in [6, 6.07) is 0. The molecule has 0 fully saturated rings. The molecule has 0 bridgehead atoms. The highest BCUT2D eigenvalue weighted by Crippen LogP contribution is 1.12. The summed E-state index contributed by atoms with van der Waals surface area (Å²) in [5.74, 6) is 1.33. The van der Waals surface area contributed by atoms with E-state index in [1.54, 1.807) is 0 Å². The first-order valence-corrected chi connectivity index (χ1v) is 0.826. The summed E-state index contributed by atoms with van der Waals surface area (Å²) in [7, 11) is 0. The summed E-state index contributed by atoms with van der Waals surface area (Å²) >= 11 is 0. The van der Waals surface area contributed by atoms with Gasteiger partial charge in [0.2, 0.25) is 0 Å². The van der Waals surface area contributed by atoms with E-state index in [1.807, 2.05) is 0 Å². The Bertz CT molecular complexity index is 44.0. The van der Waals surface area contributed by atoms with E-state index >= 15 is 0 Å². The van der Waals surface area contributed by atoms with Gasteiger partial charge < -0.3 is 5.73 Å². The Morgan fingerprint density at radius 1 is 2.00 bits per heavy atom. The average Bonchev–Trinajstić information content (AvgIpc) is 1.37. The first-order chi connectivity index (χ1) is 1.91. The van der Waals surface area contributed by atoms with Crippen LogP contribution in [-0.4, -0.2) is 5.94 Å². The second-order valence-electron chi connectivity index (χ2n) is 0.285.